The maximum absolute atomic E-state index is 13.4. The molecule has 2 aromatic carbocycles. The van der Waals surface area contributed by atoms with Crippen molar-refractivity contribution in [3.05, 3.63) is 53.6 Å². The van der Waals surface area contributed by atoms with Gasteiger partial charge in [-0.2, -0.15) is 18.3 Å². The van der Waals surface area contributed by atoms with Crippen LogP contribution in [0.1, 0.15) is 30.4 Å². The Labute approximate surface area is 178 Å². The summed E-state index contributed by atoms with van der Waals surface area (Å²) >= 11 is 0.951. The summed E-state index contributed by atoms with van der Waals surface area (Å²) in [5.74, 6) is -0.578. The molecule has 10 heteroatoms. The minimum Gasteiger partial charge on any atom is -0.460 e. The van der Waals surface area contributed by atoms with Crippen LogP contribution in [0.15, 0.2) is 47.4 Å². The predicted octanol–water partition coefficient (Wildman–Crippen LogP) is 2.85. The SMILES string of the molecule is N#Cc1ccc(COC(=O)C2CCCCN2S(=O)(=O)c2cccc3nsnc23)cc1. The van der Waals surface area contributed by atoms with E-state index in [0.717, 1.165) is 23.7 Å². The lowest BCUT2D eigenvalue weighted by Crippen LogP contribution is -2.48. The number of sulfonamides is 1. The second-order valence-corrected chi connectivity index (χ2v) is 9.32. The number of piperidine rings is 1. The van der Waals surface area contributed by atoms with Gasteiger partial charge in [0, 0.05) is 6.54 Å². The molecule has 154 valence electrons. The van der Waals surface area contributed by atoms with Gasteiger partial charge in [-0.1, -0.05) is 18.2 Å². The van der Waals surface area contributed by atoms with Crippen molar-refractivity contribution in [3.63, 3.8) is 0 Å². The maximum atomic E-state index is 13.4. The molecule has 0 aliphatic carbocycles. The number of carbonyl (C=O) groups is 1. The normalized spacial score (nSPS) is 17.5. The van der Waals surface area contributed by atoms with E-state index in [0.29, 0.717) is 29.4 Å². The molecule has 0 bridgehead atoms. The first-order valence-electron chi connectivity index (χ1n) is 9.39. The largest absolute Gasteiger partial charge is 0.460 e. The number of hydrogen-bond donors (Lipinski definition) is 0. The van der Waals surface area contributed by atoms with Crippen LogP contribution < -0.4 is 0 Å². The van der Waals surface area contributed by atoms with Gasteiger partial charge in [0.05, 0.1) is 23.4 Å². The molecule has 30 heavy (non-hydrogen) atoms. The maximum Gasteiger partial charge on any atom is 0.324 e. The van der Waals surface area contributed by atoms with E-state index in [9.17, 15) is 13.2 Å². The Morgan fingerprint density at radius 2 is 2.00 bits per heavy atom. The quantitative estimate of drug-likeness (QED) is 0.558. The van der Waals surface area contributed by atoms with Crippen LogP contribution in [-0.4, -0.2) is 40.0 Å². The summed E-state index contributed by atoms with van der Waals surface area (Å²) in [5.41, 5.74) is 2.07. The van der Waals surface area contributed by atoms with Crippen LogP contribution in [-0.2, 0) is 26.2 Å². The Balaban J connectivity index is 1.55. The third-order valence-electron chi connectivity index (χ3n) is 5.03. The number of rotatable bonds is 5. The standard InChI is InChI=1S/C20H18N4O4S2/c21-12-14-7-9-15(10-8-14)13-28-20(25)17-5-1-2-11-24(17)30(26,27)18-6-3-4-16-19(18)23-29-22-16/h3-4,6-10,17H,1-2,5,11,13H2. The Kier molecular flexibility index (Phi) is 5.76. The summed E-state index contributed by atoms with van der Waals surface area (Å²) in [6.07, 6.45) is 1.81. The minimum atomic E-state index is -3.94. The van der Waals surface area contributed by atoms with E-state index in [-0.39, 0.29) is 18.0 Å². The Morgan fingerprint density at radius 3 is 2.77 bits per heavy atom. The van der Waals surface area contributed by atoms with E-state index >= 15 is 0 Å². The molecular weight excluding hydrogens is 424 g/mol. The second kappa shape index (κ2) is 8.47. The summed E-state index contributed by atoms with van der Waals surface area (Å²) in [4.78, 5) is 12.8. The topological polar surface area (TPSA) is 113 Å². The summed E-state index contributed by atoms with van der Waals surface area (Å²) in [7, 11) is -3.94. The minimum absolute atomic E-state index is 0.0144. The lowest BCUT2D eigenvalue weighted by Gasteiger charge is -2.33. The fraction of sp³-hybridized carbons (Fsp3) is 0.300. The summed E-state index contributed by atoms with van der Waals surface area (Å²) in [6, 6.07) is 12.7. The molecule has 1 aliphatic heterocycles. The van der Waals surface area contributed by atoms with Gasteiger partial charge in [-0.3, -0.25) is 4.79 Å². The third kappa shape index (κ3) is 3.92. The molecule has 0 N–H and O–H groups in total. The molecule has 1 unspecified atom stereocenters. The molecule has 8 nitrogen and oxygen atoms in total. The number of benzene rings is 2. The third-order valence-corrected chi connectivity index (χ3v) is 7.51. The molecule has 1 aromatic heterocycles. The molecule has 2 heterocycles. The molecule has 3 aromatic rings. The van der Waals surface area contributed by atoms with Crippen molar-refractivity contribution in [2.24, 2.45) is 0 Å². The van der Waals surface area contributed by atoms with Crippen molar-refractivity contribution in [3.8, 4) is 6.07 Å². The number of carbonyl (C=O) groups excluding carboxylic acids is 1. The molecule has 1 fully saturated rings. The van der Waals surface area contributed by atoms with E-state index in [2.05, 4.69) is 8.75 Å². The van der Waals surface area contributed by atoms with Gasteiger partial charge in [-0.15, -0.1) is 0 Å². The molecule has 1 atom stereocenters. The fourth-order valence-corrected chi connectivity index (χ4v) is 5.87. The lowest BCUT2D eigenvalue weighted by atomic mass is 10.1. The first-order chi connectivity index (χ1) is 14.5. The van der Waals surface area contributed by atoms with Gasteiger partial charge < -0.3 is 4.74 Å². The van der Waals surface area contributed by atoms with Crippen LogP contribution in [0.2, 0.25) is 0 Å². The number of nitrogens with zero attached hydrogens (tertiary/aromatic N) is 4. The smallest absolute Gasteiger partial charge is 0.324 e. The van der Waals surface area contributed by atoms with E-state index in [1.54, 1.807) is 36.4 Å². The average Bonchev–Trinajstić information content (AvgIpc) is 3.26. The van der Waals surface area contributed by atoms with Gasteiger partial charge in [0.1, 0.15) is 28.6 Å². The molecule has 4 rings (SSSR count). The Morgan fingerprint density at radius 1 is 1.20 bits per heavy atom. The number of nitriles is 1. The zero-order chi connectivity index (χ0) is 21.1. The highest BCUT2D eigenvalue weighted by molar-refractivity contribution is 7.89. The van der Waals surface area contributed by atoms with Gasteiger partial charge >= 0.3 is 5.97 Å². The first kappa shape index (κ1) is 20.4. The number of esters is 1. The number of aromatic nitrogens is 2. The van der Waals surface area contributed by atoms with Gasteiger partial charge in [0.2, 0.25) is 10.0 Å². The van der Waals surface area contributed by atoms with Crippen LogP contribution in [0.4, 0.5) is 0 Å². The van der Waals surface area contributed by atoms with Crippen LogP contribution >= 0.6 is 11.7 Å². The molecule has 0 amide bonds. The van der Waals surface area contributed by atoms with Crippen molar-refractivity contribution >= 4 is 38.8 Å². The van der Waals surface area contributed by atoms with Crippen molar-refractivity contribution in [1.82, 2.24) is 13.1 Å². The van der Waals surface area contributed by atoms with Gasteiger partial charge in [-0.05, 0) is 49.1 Å². The highest BCUT2D eigenvalue weighted by Gasteiger charge is 2.39. The fourth-order valence-electron chi connectivity index (χ4n) is 3.47. The average molecular weight is 443 g/mol. The van der Waals surface area contributed by atoms with Gasteiger partial charge in [0.25, 0.3) is 0 Å². The molecule has 0 spiro atoms. The summed E-state index contributed by atoms with van der Waals surface area (Å²) in [6.45, 7) is 0.257. The number of fused-ring (bicyclic) bond motifs is 1. The zero-order valence-electron chi connectivity index (χ0n) is 15.9. The van der Waals surface area contributed by atoms with Crippen LogP contribution in [0, 0.1) is 11.3 Å². The summed E-state index contributed by atoms with van der Waals surface area (Å²) < 4.78 is 41.6. The Bertz CT molecular complexity index is 1220. The summed E-state index contributed by atoms with van der Waals surface area (Å²) in [5, 5.41) is 8.86. The van der Waals surface area contributed by atoms with Crippen LogP contribution in [0.3, 0.4) is 0 Å². The van der Waals surface area contributed by atoms with Crippen molar-refractivity contribution in [1.29, 1.82) is 5.26 Å². The van der Waals surface area contributed by atoms with Crippen molar-refractivity contribution in [2.75, 3.05) is 6.54 Å². The van der Waals surface area contributed by atoms with Crippen LogP contribution in [0.25, 0.3) is 11.0 Å². The second-order valence-electron chi connectivity index (χ2n) is 6.93. The predicted molar refractivity (Wildman–Crippen MR) is 110 cm³/mol. The van der Waals surface area contributed by atoms with Gasteiger partial charge in [-0.25, -0.2) is 8.42 Å². The van der Waals surface area contributed by atoms with Crippen LogP contribution in [0.5, 0.6) is 0 Å². The molecule has 1 saturated heterocycles. The van der Waals surface area contributed by atoms with E-state index < -0.39 is 22.0 Å². The highest BCUT2D eigenvalue weighted by Crippen LogP contribution is 2.30. The first-order valence-corrected chi connectivity index (χ1v) is 11.6. The number of ether oxygens (including phenoxy) is 1. The van der Waals surface area contributed by atoms with Gasteiger partial charge in [0.15, 0.2) is 0 Å². The van der Waals surface area contributed by atoms with Crippen molar-refractivity contribution < 1.29 is 17.9 Å². The lowest BCUT2D eigenvalue weighted by molar-refractivity contribution is -0.150. The number of hydrogen-bond acceptors (Lipinski definition) is 8. The zero-order valence-corrected chi connectivity index (χ0v) is 17.5. The van der Waals surface area contributed by atoms with Crippen molar-refractivity contribution in [2.45, 2.75) is 36.8 Å². The molecule has 0 radical (unpaired) electrons. The monoisotopic (exact) mass is 442 g/mol. The van der Waals surface area contributed by atoms with E-state index in [1.807, 2.05) is 6.07 Å². The van der Waals surface area contributed by atoms with E-state index in [1.165, 1.54) is 10.4 Å². The Hall–Kier alpha value is -2.87. The highest BCUT2D eigenvalue weighted by atomic mass is 32.2. The molecule has 1 aliphatic rings. The van der Waals surface area contributed by atoms with E-state index in [4.69, 9.17) is 10.00 Å². The molecule has 0 saturated carbocycles. The molecular formula is C20H18N4O4S2.